The molecule has 0 aliphatic carbocycles. The van der Waals surface area contributed by atoms with Gasteiger partial charge in [-0.2, -0.15) is 0 Å². The van der Waals surface area contributed by atoms with Gasteiger partial charge in [-0.15, -0.1) is 0 Å². The van der Waals surface area contributed by atoms with Gasteiger partial charge in [0, 0.05) is 13.0 Å². The summed E-state index contributed by atoms with van der Waals surface area (Å²) in [6, 6.07) is -0.0950. The standard InChI is InChI=1S/C5H11NO2.C2H4O2/c1-4(6)3-5(7)8-2;1-2(3)4/h4H,3,6H2,1-2H3;1H3,(H,3,4). The van der Waals surface area contributed by atoms with Crippen LogP contribution in [0.5, 0.6) is 0 Å². The van der Waals surface area contributed by atoms with Crippen molar-refractivity contribution in [2.75, 3.05) is 7.11 Å². The molecule has 3 N–H and O–H groups in total. The fourth-order valence-electron chi connectivity index (χ4n) is 0.346. The molecule has 0 aromatic heterocycles. The number of carboxylic acids is 1. The minimum absolute atomic E-state index is 0.0950. The number of carbonyl (C=O) groups excluding carboxylic acids is 1. The van der Waals surface area contributed by atoms with Crippen LogP contribution in [0.15, 0.2) is 0 Å². The van der Waals surface area contributed by atoms with Gasteiger partial charge in [-0.3, -0.25) is 9.59 Å². The van der Waals surface area contributed by atoms with Gasteiger partial charge < -0.3 is 15.6 Å². The summed E-state index contributed by atoms with van der Waals surface area (Å²) in [6.07, 6.45) is 0.302. The Morgan fingerprint density at radius 1 is 1.58 bits per heavy atom. The summed E-state index contributed by atoms with van der Waals surface area (Å²) in [5.41, 5.74) is 5.27. The second-order valence-corrected chi connectivity index (χ2v) is 2.28. The fraction of sp³-hybridized carbons (Fsp3) is 0.714. The number of esters is 1. The van der Waals surface area contributed by atoms with Gasteiger partial charge in [0.15, 0.2) is 0 Å². The molecular formula is C7H15NO4. The summed E-state index contributed by atoms with van der Waals surface area (Å²) in [5, 5.41) is 7.42. The summed E-state index contributed by atoms with van der Waals surface area (Å²) in [7, 11) is 1.35. The molecule has 0 fully saturated rings. The van der Waals surface area contributed by atoms with Crippen LogP contribution in [0.1, 0.15) is 20.3 Å². The van der Waals surface area contributed by atoms with Gasteiger partial charge in [0.2, 0.25) is 0 Å². The molecule has 0 rings (SSSR count). The van der Waals surface area contributed by atoms with Crippen molar-refractivity contribution in [3.05, 3.63) is 0 Å². The Morgan fingerprint density at radius 2 is 1.92 bits per heavy atom. The number of aliphatic carboxylic acids is 1. The van der Waals surface area contributed by atoms with Crippen LogP contribution >= 0.6 is 0 Å². The smallest absolute Gasteiger partial charge is 0.307 e. The first-order valence-corrected chi connectivity index (χ1v) is 3.42. The molecule has 0 heterocycles. The van der Waals surface area contributed by atoms with Crippen molar-refractivity contribution in [2.24, 2.45) is 5.73 Å². The zero-order valence-corrected chi connectivity index (χ0v) is 7.53. The van der Waals surface area contributed by atoms with Gasteiger partial charge in [-0.1, -0.05) is 0 Å². The lowest BCUT2D eigenvalue weighted by atomic mass is 10.3. The van der Waals surface area contributed by atoms with Crippen LogP contribution in [0.25, 0.3) is 0 Å². The highest BCUT2D eigenvalue weighted by Gasteiger charge is 2.01. The number of carboxylic acid groups (broad SMARTS) is 1. The van der Waals surface area contributed by atoms with E-state index in [1.807, 2.05) is 0 Å². The molecule has 0 amide bonds. The molecule has 0 saturated carbocycles. The maximum Gasteiger partial charge on any atom is 0.307 e. The SMILES string of the molecule is CC(=O)O.COC(=O)CC(C)N. The Hall–Kier alpha value is -1.10. The molecule has 0 aromatic rings. The molecule has 0 aliphatic rings. The highest BCUT2D eigenvalue weighted by molar-refractivity contribution is 5.69. The van der Waals surface area contributed by atoms with Gasteiger partial charge >= 0.3 is 5.97 Å². The predicted octanol–water partition coefficient (Wildman–Crippen LogP) is -0.0124. The first-order valence-electron chi connectivity index (χ1n) is 3.42. The van der Waals surface area contributed by atoms with Gasteiger partial charge in [-0.05, 0) is 6.92 Å². The van der Waals surface area contributed by atoms with Crippen molar-refractivity contribution >= 4 is 11.9 Å². The van der Waals surface area contributed by atoms with Crippen molar-refractivity contribution in [1.82, 2.24) is 0 Å². The predicted molar refractivity (Wildman–Crippen MR) is 43.6 cm³/mol. The maximum atomic E-state index is 10.3. The van der Waals surface area contributed by atoms with Crippen LogP contribution in [-0.2, 0) is 14.3 Å². The van der Waals surface area contributed by atoms with Crippen molar-refractivity contribution < 1.29 is 19.4 Å². The van der Waals surface area contributed by atoms with Crippen LogP contribution in [0.2, 0.25) is 0 Å². The number of hydrogen-bond acceptors (Lipinski definition) is 4. The van der Waals surface area contributed by atoms with Crippen LogP contribution in [0.3, 0.4) is 0 Å². The largest absolute Gasteiger partial charge is 0.481 e. The lowest BCUT2D eigenvalue weighted by molar-refractivity contribution is -0.141. The molecule has 0 aromatic carbocycles. The molecule has 0 bridgehead atoms. The van der Waals surface area contributed by atoms with Gasteiger partial charge in [0.25, 0.3) is 5.97 Å². The number of carbonyl (C=O) groups is 2. The van der Waals surface area contributed by atoms with Crippen LogP contribution in [0.4, 0.5) is 0 Å². The molecular weight excluding hydrogens is 162 g/mol. The topological polar surface area (TPSA) is 89.6 Å². The highest BCUT2D eigenvalue weighted by atomic mass is 16.5. The maximum absolute atomic E-state index is 10.3. The summed E-state index contributed by atoms with van der Waals surface area (Å²) in [4.78, 5) is 19.3. The zero-order chi connectivity index (χ0) is 10.1. The number of rotatable bonds is 2. The molecule has 1 unspecified atom stereocenters. The van der Waals surface area contributed by atoms with E-state index < -0.39 is 5.97 Å². The summed E-state index contributed by atoms with van der Waals surface area (Å²) in [6.45, 7) is 2.84. The zero-order valence-electron chi connectivity index (χ0n) is 7.53. The van der Waals surface area contributed by atoms with Crippen LogP contribution in [0, 0.1) is 0 Å². The second kappa shape index (κ2) is 8.00. The molecule has 1 atom stereocenters. The summed E-state index contributed by atoms with van der Waals surface area (Å²) >= 11 is 0. The monoisotopic (exact) mass is 177 g/mol. The average Bonchev–Trinajstić information content (AvgIpc) is 1.84. The second-order valence-electron chi connectivity index (χ2n) is 2.28. The Kier molecular flexibility index (Phi) is 8.99. The Labute approximate surface area is 71.5 Å². The van der Waals surface area contributed by atoms with Crippen molar-refractivity contribution in [2.45, 2.75) is 26.3 Å². The Bertz CT molecular complexity index is 140. The van der Waals surface area contributed by atoms with E-state index in [1.54, 1.807) is 6.92 Å². The third-order valence-electron chi connectivity index (χ3n) is 0.716. The number of ether oxygens (including phenoxy) is 1. The van der Waals surface area contributed by atoms with Crippen LogP contribution in [-0.4, -0.2) is 30.2 Å². The molecule has 5 nitrogen and oxygen atoms in total. The molecule has 5 heteroatoms. The third-order valence-corrected chi connectivity index (χ3v) is 0.716. The molecule has 0 spiro atoms. The summed E-state index contributed by atoms with van der Waals surface area (Å²) in [5.74, 6) is -1.08. The van der Waals surface area contributed by atoms with E-state index >= 15 is 0 Å². The Morgan fingerprint density at radius 3 is 2.00 bits per heavy atom. The first kappa shape index (κ1) is 13.5. The van der Waals surface area contributed by atoms with E-state index in [2.05, 4.69) is 4.74 Å². The van der Waals surface area contributed by atoms with E-state index in [0.717, 1.165) is 6.92 Å². The van der Waals surface area contributed by atoms with E-state index in [-0.39, 0.29) is 12.0 Å². The minimum atomic E-state index is -0.833. The van der Waals surface area contributed by atoms with E-state index in [1.165, 1.54) is 7.11 Å². The normalized spacial score (nSPS) is 10.7. The third kappa shape index (κ3) is 23.1. The van der Waals surface area contributed by atoms with E-state index in [0.29, 0.717) is 6.42 Å². The van der Waals surface area contributed by atoms with Gasteiger partial charge in [0.1, 0.15) is 0 Å². The van der Waals surface area contributed by atoms with Gasteiger partial charge in [0.05, 0.1) is 13.5 Å². The average molecular weight is 177 g/mol. The highest BCUT2D eigenvalue weighted by Crippen LogP contribution is 1.86. The van der Waals surface area contributed by atoms with Crippen molar-refractivity contribution in [1.29, 1.82) is 0 Å². The molecule has 0 saturated heterocycles. The minimum Gasteiger partial charge on any atom is -0.481 e. The van der Waals surface area contributed by atoms with Crippen molar-refractivity contribution in [3.8, 4) is 0 Å². The van der Waals surface area contributed by atoms with Gasteiger partial charge in [-0.25, -0.2) is 0 Å². The fourth-order valence-corrected chi connectivity index (χ4v) is 0.346. The Balaban J connectivity index is 0. The van der Waals surface area contributed by atoms with Crippen LogP contribution < -0.4 is 5.73 Å². The molecule has 0 aliphatic heterocycles. The lowest BCUT2D eigenvalue weighted by Crippen LogP contribution is -2.20. The molecule has 0 radical (unpaired) electrons. The number of methoxy groups -OCH3 is 1. The van der Waals surface area contributed by atoms with E-state index in [9.17, 15) is 4.79 Å². The number of nitrogens with two attached hydrogens (primary N) is 1. The molecule has 12 heavy (non-hydrogen) atoms. The quantitative estimate of drug-likeness (QED) is 0.579. The lowest BCUT2D eigenvalue weighted by Gasteiger charge is -2.00. The first-order chi connectivity index (χ1) is 5.40. The van der Waals surface area contributed by atoms with E-state index in [4.69, 9.17) is 15.6 Å². The summed E-state index contributed by atoms with van der Waals surface area (Å²) < 4.78 is 4.34. The molecule has 72 valence electrons. The van der Waals surface area contributed by atoms with Crippen molar-refractivity contribution in [3.63, 3.8) is 0 Å². The number of hydrogen-bond donors (Lipinski definition) is 2.